The molecule has 0 saturated heterocycles. The molecular formula is C12H20N2O. The number of aromatic nitrogens is 1. The van der Waals surface area contributed by atoms with Gasteiger partial charge >= 0.3 is 0 Å². The first-order chi connectivity index (χ1) is 7.15. The van der Waals surface area contributed by atoms with Crippen LogP contribution in [0.25, 0.3) is 0 Å². The summed E-state index contributed by atoms with van der Waals surface area (Å²) in [6.07, 6.45) is 5.69. The molecule has 15 heavy (non-hydrogen) atoms. The van der Waals surface area contributed by atoms with E-state index in [9.17, 15) is 0 Å². The van der Waals surface area contributed by atoms with Gasteiger partial charge in [0.1, 0.15) is 5.76 Å². The van der Waals surface area contributed by atoms with Gasteiger partial charge in [-0.1, -0.05) is 6.92 Å². The smallest absolute Gasteiger partial charge is 0.211 e. The third-order valence-corrected chi connectivity index (χ3v) is 3.19. The molecule has 3 unspecified atom stereocenters. The number of rotatable bonds is 3. The van der Waals surface area contributed by atoms with Crippen LogP contribution in [0.1, 0.15) is 50.8 Å². The summed E-state index contributed by atoms with van der Waals surface area (Å²) in [5.41, 5.74) is 0. The summed E-state index contributed by atoms with van der Waals surface area (Å²) in [5.74, 6) is 2.56. The van der Waals surface area contributed by atoms with Crippen molar-refractivity contribution in [2.24, 2.45) is 5.92 Å². The molecule has 1 heterocycles. The van der Waals surface area contributed by atoms with E-state index in [0.29, 0.717) is 6.04 Å². The third-order valence-electron chi connectivity index (χ3n) is 3.19. The molecule has 0 aliphatic heterocycles. The second kappa shape index (κ2) is 4.35. The van der Waals surface area contributed by atoms with Crippen molar-refractivity contribution in [2.45, 2.75) is 52.1 Å². The number of hydrogen-bond acceptors (Lipinski definition) is 3. The Hall–Kier alpha value is -0.830. The van der Waals surface area contributed by atoms with Gasteiger partial charge in [0.2, 0.25) is 5.89 Å². The lowest BCUT2D eigenvalue weighted by atomic mass is 10.1. The van der Waals surface area contributed by atoms with Crippen LogP contribution in [-0.4, -0.2) is 11.0 Å². The molecule has 0 aromatic carbocycles. The van der Waals surface area contributed by atoms with E-state index < -0.39 is 0 Å². The number of oxazole rings is 1. The van der Waals surface area contributed by atoms with Gasteiger partial charge in [0.15, 0.2) is 0 Å². The first-order valence-corrected chi connectivity index (χ1v) is 5.83. The summed E-state index contributed by atoms with van der Waals surface area (Å²) in [6, 6.07) is 0.871. The first kappa shape index (κ1) is 10.7. The Morgan fingerprint density at radius 1 is 1.53 bits per heavy atom. The van der Waals surface area contributed by atoms with Crippen molar-refractivity contribution < 1.29 is 4.42 Å². The molecule has 1 saturated carbocycles. The predicted octanol–water partition coefficient (Wildman–Crippen LogP) is 2.82. The summed E-state index contributed by atoms with van der Waals surface area (Å²) < 4.78 is 5.51. The van der Waals surface area contributed by atoms with Gasteiger partial charge in [-0.3, -0.25) is 0 Å². The molecule has 2 rings (SSSR count). The number of nitrogens with one attached hydrogen (secondary N) is 1. The van der Waals surface area contributed by atoms with E-state index in [-0.39, 0.29) is 6.04 Å². The van der Waals surface area contributed by atoms with Crippen LogP contribution in [0, 0.1) is 12.8 Å². The number of nitrogens with zero attached hydrogens (tertiary/aromatic N) is 1. The molecule has 0 spiro atoms. The van der Waals surface area contributed by atoms with E-state index in [1.165, 1.54) is 19.3 Å². The normalized spacial score (nSPS) is 28.2. The van der Waals surface area contributed by atoms with Gasteiger partial charge in [0.25, 0.3) is 0 Å². The Kier molecular flexibility index (Phi) is 3.10. The van der Waals surface area contributed by atoms with E-state index in [0.717, 1.165) is 17.6 Å². The minimum Gasteiger partial charge on any atom is -0.444 e. The number of hydrogen-bond donors (Lipinski definition) is 1. The van der Waals surface area contributed by atoms with Crippen molar-refractivity contribution in [3.05, 3.63) is 17.8 Å². The highest BCUT2D eigenvalue weighted by atomic mass is 16.4. The van der Waals surface area contributed by atoms with Crippen molar-refractivity contribution in [3.8, 4) is 0 Å². The lowest BCUT2D eigenvalue weighted by Gasteiger charge is -2.16. The van der Waals surface area contributed by atoms with Crippen molar-refractivity contribution >= 4 is 0 Å². The van der Waals surface area contributed by atoms with Gasteiger partial charge in [-0.2, -0.15) is 0 Å². The zero-order chi connectivity index (χ0) is 10.8. The monoisotopic (exact) mass is 208 g/mol. The Morgan fingerprint density at radius 3 is 2.87 bits per heavy atom. The summed E-state index contributed by atoms with van der Waals surface area (Å²) in [5, 5.41) is 3.58. The zero-order valence-electron chi connectivity index (χ0n) is 9.79. The van der Waals surface area contributed by atoms with Crippen molar-refractivity contribution in [3.63, 3.8) is 0 Å². The van der Waals surface area contributed by atoms with Crippen LogP contribution in [0.3, 0.4) is 0 Å². The maximum Gasteiger partial charge on any atom is 0.211 e. The molecule has 3 nitrogen and oxygen atoms in total. The Morgan fingerprint density at radius 2 is 2.33 bits per heavy atom. The second-order valence-electron chi connectivity index (χ2n) is 4.81. The maximum absolute atomic E-state index is 5.51. The highest BCUT2D eigenvalue weighted by molar-refractivity contribution is 4.96. The largest absolute Gasteiger partial charge is 0.444 e. The van der Waals surface area contributed by atoms with E-state index in [2.05, 4.69) is 24.1 Å². The molecule has 1 aliphatic rings. The summed E-state index contributed by atoms with van der Waals surface area (Å²) in [7, 11) is 0. The van der Waals surface area contributed by atoms with Gasteiger partial charge in [-0.15, -0.1) is 0 Å². The van der Waals surface area contributed by atoms with Gasteiger partial charge in [-0.25, -0.2) is 4.98 Å². The second-order valence-corrected chi connectivity index (χ2v) is 4.81. The zero-order valence-corrected chi connectivity index (χ0v) is 9.79. The van der Waals surface area contributed by atoms with Crippen LogP contribution < -0.4 is 5.32 Å². The minimum absolute atomic E-state index is 0.231. The van der Waals surface area contributed by atoms with Crippen LogP contribution in [-0.2, 0) is 0 Å². The molecule has 1 aliphatic carbocycles. The standard InChI is InChI=1S/C12H20N2O/c1-8-4-5-11(6-8)14-10(3)12-13-7-9(2)15-12/h7-8,10-11,14H,4-6H2,1-3H3. The van der Waals surface area contributed by atoms with Crippen LogP contribution in [0.15, 0.2) is 10.6 Å². The molecular weight excluding hydrogens is 188 g/mol. The lowest BCUT2D eigenvalue weighted by molar-refractivity contribution is 0.366. The van der Waals surface area contributed by atoms with E-state index >= 15 is 0 Å². The summed E-state index contributed by atoms with van der Waals surface area (Å²) >= 11 is 0. The summed E-state index contributed by atoms with van der Waals surface area (Å²) in [4.78, 5) is 4.25. The average Bonchev–Trinajstić information content (AvgIpc) is 2.75. The predicted molar refractivity (Wildman–Crippen MR) is 59.6 cm³/mol. The Balaban J connectivity index is 1.89. The summed E-state index contributed by atoms with van der Waals surface area (Å²) in [6.45, 7) is 6.37. The fourth-order valence-corrected chi connectivity index (χ4v) is 2.36. The molecule has 1 aromatic rings. The highest BCUT2D eigenvalue weighted by Crippen LogP contribution is 2.26. The maximum atomic E-state index is 5.51. The van der Waals surface area contributed by atoms with Gasteiger partial charge in [0, 0.05) is 6.04 Å². The van der Waals surface area contributed by atoms with E-state index in [1.54, 1.807) is 6.20 Å². The third kappa shape index (κ3) is 2.59. The average molecular weight is 208 g/mol. The first-order valence-electron chi connectivity index (χ1n) is 5.83. The molecule has 1 fully saturated rings. The molecule has 3 heteroatoms. The minimum atomic E-state index is 0.231. The molecule has 3 atom stereocenters. The fraction of sp³-hybridized carbons (Fsp3) is 0.750. The van der Waals surface area contributed by atoms with Crippen molar-refractivity contribution in [1.82, 2.24) is 10.3 Å². The molecule has 1 N–H and O–H groups in total. The Labute approximate surface area is 91.3 Å². The quantitative estimate of drug-likeness (QED) is 0.830. The van der Waals surface area contributed by atoms with Crippen LogP contribution >= 0.6 is 0 Å². The SMILES string of the molecule is Cc1cnc(C(C)NC2CCC(C)C2)o1. The highest BCUT2D eigenvalue weighted by Gasteiger charge is 2.23. The van der Waals surface area contributed by atoms with Crippen molar-refractivity contribution in [1.29, 1.82) is 0 Å². The molecule has 0 radical (unpaired) electrons. The molecule has 0 bridgehead atoms. The van der Waals surface area contributed by atoms with Crippen molar-refractivity contribution in [2.75, 3.05) is 0 Å². The Bertz CT molecular complexity index is 321. The fourth-order valence-electron chi connectivity index (χ4n) is 2.36. The van der Waals surface area contributed by atoms with Gasteiger partial charge in [-0.05, 0) is 39.0 Å². The lowest BCUT2D eigenvalue weighted by Crippen LogP contribution is -2.29. The number of aryl methyl sites for hydroxylation is 1. The van der Waals surface area contributed by atoms with Crippen LogP contribution in [0.5, 0.6) is 0 Å². The topological polar surface area (TPSA) is 38.1 Å². The molecule has 1 aromatic heterocycles. The molecule has 84 valence electrons. The molecule has 0 amide bonds. The van der Waals surface area contributed by atoms with Gasteiger partial charge in [0.05, 0.1) is 12.2 Å². The van der Waals surface area contributed by atoms with Crippen LogP contribution in [0.4, 0.5) is 0 Å². The van der Waals surface area contributed by atoms with Crippen LogP contribution in [0.2, 0.25) is 0 Å². The van der Waals surface area contributed by atoms with Gasteiger partial charge < -0.3 is 9.73 Å². The van der Waals surface area contributed by atoms with E-state index in [4.69, 9.17) is 4.42 Å². The van der Waals surface area contributed by atoms with E-state index in [1.807, 2.05) is 6.92 Å².